The van der Waals surface area contributed by atoms with E-state index in [2.05, 4.69) is 13.2 Å². The Morgan fingerprint density at radius 2 is 1.84 bits per heavy atom. The van der Waals surface area contributed by atoms with Crippen LogP contribution in [0.4, 0.5) is 5.69 Å². The largest absolute Gasteiger partial charge is 0.497 e. The quantitative estimate of drug-likeness (QED) is 0.611. The Kier molecular flexibility index (Phi) is 5.93. The molecule has 1 aromatic rings. The van der Waals surface area contributed by atoms with E-state index in [0.29, 0.717) is 5.69 Å². The summed E-state index contributed by atoms with van der Waals surface area (Å²) in [5.41, 5.74) is 0.702. The van der Waals surface area contributed by atoms with Crippen LogP contribution in [0.2, 0.25) is 0 Å². The van der Waals surface area contributed by atoms with Crippen LogP contribution < -0.4 is 9.55 Å². The van der Waals surface area contributed by atoms with E-state index in [9.17, 15) is 4.79 Å². The molecular formula is C15H18BNO2. The van der Waals surface area contributed by atoms with E-state index in [0.717, 1.165) is 18.6 Å². The number of methoxy groups -OCH3 is 1. The van der Waals surface area contributed by atoms with E-state index in [1.807, 2.05) is 0 Å². The topological polar surface area (TPSA) is 29.5 Å². The van der Waals surface area contributed by atoms with Crippen molar-refractivity contribution in [3.05, 3.63) is 49.6 Å². The van der Waals surface area contributed by atoms with Crippen molar-refractivity contribution in [1.29, 1.82) is 0 Å². The van der Waals surface area contributed by atoms with Crippen molar-refractivity contribution in [2.45, 2.75) is 12.8 Å². The Labute approximate surface area is 116 Å². The lowest BCUT2D eigenvalue weighted by Gasteiger charge is -2.18. The molecular weight excluding hydrogens is 237 g/mol. The van der Waals surface area contributed by atoms with Crippen LogP contribution in [0.15, 0.2) is 49.6 Å². The average molecular weight is 255 g/mol. The van der Waals surface area contributed by atoms with Gasteiger partial charge in [-0.3, -0.25) is 4.79 Å². The molecule has 1 fully saturated rings. The van der Waals surface area contributed by atoms with E-state index in [-0.39, 0.29) is 11.8 Å². The normalized spacial score (nSPS) is 12.7. The van der Waals surface area contributed by atoms with Crippen LogP contribution in [0, 0.1) is 5.92 Å². The Morgan fingerprint density at radius 1 is 1.32 bits per heavy atom. The molecule has 0 aromatic heterocycles. The first-order valence-electron chi connectivity index (χ1n) is 6.10. The predicted molar refractivity (Wildman–Crippen MR) is 79.4 cm³/mol. The number of amides is 1. The highest BCUT2D eigenvalue weighted by atomic mass is 16.5. The SMILES string of the molecule is C=CC=C.[B]N(C(=O)C1CC1)c1ccc(OC)cc1. The van der Waals surface area contributed by atoms with Crippen molar-refractivity contribution in [3.8, 4) is 5.75 Å². The Morgan fingerprint density at radius 3 is 2.21 bits per heavy atom. The summed E-state index contributed by atoms with van der Waals surface area (Å²) >= 11 is 0. The van der Waals surface area contributed by atoms with E-state index in [1.165, 1.54) is 4.81 Å². The molecule has 0 saturated heterocycles. The number of anilines is 1. The van der Waals surface area contributed by atoms with Crippen molar-refractivity contribution in [3.63, 3.8) is 0 Å². The van der Waals surface area contributed by atoms with Gasteiger partial charge in [0.2, 0.25) is 13.9 Å². The van der Waals surface area contributed by atoms with Crippen molar-refractivity contribution < 1.29 is 9.53 Å². The third-order valence-corrected chi connectivity index (χ3v) is 2.68. The van der Waals surface area contributed by atoms with Gasteiger partial charge in [-0.1, -0.05) is 25.3 Å². The van der Waals surface area contributed by atoms with Gasteiger partial charge in [0, 0.05) is 11.6 Å². The van der Waals surface area contributed by atoms with E-state index in [1.54, 1.807) is 43.5 Å². The number of benzene rings is 1. The molecule has 19 heavy (non-hydrogen) atoms. The number of hydrogen-bond donors (Lipinski definition) is 0. The maximum Gasteiger partial charge on any atom is 0.238 e. The average Bonchev–Trinajstić information content (AvgIpc) is 3.30. The highest BCUT2D eigenvalue weighted by Gasteiger charge is 2.31. The van der Waals surface area contributed by atoms with Gasteiger partial charge in [-0.15, -0.1) is 0 Å². The number of hydrogen-bond acceptors (Lipinski definition) is 2. The second kappa shape index (κ2) is 7.47. The molecule has 0 aliphatic heterocycles. The monoisotopic (exact) mass is 255 g/mol. The number of nitrogens with zero attached hydrogens (tertiary/aromatic N) is 1. The van der Waals surface area contributed by atoms with Gasteiger partial charge < -0.3 is 9.55 Å². The van der Waals surface area contributed by atoms with Gasteiger partial charge in [0.25, 0.3) is 0 Å². The molecule has 0 atom stereocenters. The summed E-state index contributed by atoms with van der Waals surface area (Å²) in [7, 11) is 7.32. The van der Waals surface area contributed by atoms with Gasteiger partial charge in [0.05, 0.1) is 7.11 Å². The van der Waals surface area contributed by atoms with Gasteiger partial charge in [0.15, 0.2) is 0 Å². The standard InChI is InChI=1S/C11H12BNO2.C4H6/c1-15-10-6-4-9(5-7-10)13(12)11(14)8-2-3-8;1-3-4-2/h4-8H,2-3H2,1H3;3-4H,1-2H2. The smallest absolute Gasteiger partial charge is 0.238 e. The molecule has 0 N–H and O–H groups in total. The third kappa shape index (κ3) is 4.66. The molecule has 1 aliphatic carbocycles. The van der Waals surface area contributed by atoms with Crippen LogP contribution in [0.5, 0.6) is 5.75 Å². The molecule has 0 spiro atoms. The van der Waals surface area contributed by atoms with Crippen molar-refractivity contribution in [2.24, 2.45) is 5.92 Å². The number of carbonyl (C=O) groups excluding carboxylic acids is 1. The van der Waals surface area contributed by atoms with Gasteiger partial charge in [0.1, 0.15) is 5.75 Å². The van der Waals surface area contributed by atoms with Crippen LogP contribution in [0.25, 0.3) is 0 Å². The van der Waals surface area contributed by atoms with Gasteiger partial charge in [-0.05, 0) is 37.1 Å². The minimum Gasteiger partial charge on any atom is -0.497 e. The summed E-state index contributed by atoms with van der Waals surface area (Å²) in [4.78, 5) is 12.8. The van der Waals surface area contributed by atoms with Crippen molar-refractivity contribution in [1.82, 2.24) is 0 Å². The summed E-state index contributed by atoms with van der Waals surface area (Å²) in [6.07, 6.45) is 5.20. The van der Waals surface area contributed by atoms with Crippen LogP contribution in [-0.4, -0.2) is 21.0 Å². The van der Waals surface area contributed by atoms with Crippen molar-refractivity contribution >= 4 is 19.6 Å². The summed E-state index contributed by atoms with van der Waals surface area (Å²) < 4.78 is 5.02. The minimum absolute atomic E-state index is 0.000154. The van der Waals surface area contributed by atoms with E-state index in [4.69, 9.17) is 12.7 Å². The molecule has 1 saturated carbocycles. The molecule has 1 amide bonds. The van der Waals surface area contributed by atoms with E-state index < -0.39 is 0 Å². The van der Waals surface area contributed by atoms with Gasteiger partial charge >= 0.3 is 0 Å². The summed E-state index contributed by atoms with van der Waals surface area (Å²) in [5, 5.41) is 0. The molecule has 2 rings (SSSR count). The predicted octanol–water partition coefficient (Wildman–Crippen LogP) is 2.88. The fourth-order valence-electron chi connectivity index (χ4n) is 1.40. The Bertz CT molecular complexity index is 432. The number of rotatable bonds is 4. The Hall–Kier alpha value is -1.97. The molecule has 98 valence electrons. The lowest BCUT2D eigenvalue weighted by Crippen LogP contribution is -2.29. The molecule has 0 bridgehead atoms. The first kappa shape index (κ1) is 15.1. The molecule has 1 aromatic carbocycles. The third-order valence-electron chi connectivity index (χ3n) is 2.68. The number of carbonyl (C=O) groups is 1. The zero-order valence-electron chi connectivity index (χ0n) is 11.2. The van der Waals surface area contributed by atoms with Gasteiger partial charge in [-0.2, -0.15) is 0 Å². The summed E-state index contributed by atoms with van der Waals surface area (Å²) in [5.74, 6) is 0.892. The van der Waals surface area contributed by atoms with Crippen LogP contribution in [0.1, 0.15) is 12.8 Å². The Balaban J connectivity index is 0.000000399. The van der Waals surface area contributed by atoms with Crippen LogP contribution >= 0.6 is 0 Å². The number of ether oxygens (including phenoxy) is 1. The molecule has 1 aliphatic rings. The molecule has 0 heterocycles. The summed E-state index contributed by atoms with van der Waals surface area (Å²) in [6.45, 7) is 6.72. The second-order valence-corrected chi connectivity index (χ2v) is 4.15. The molecule has 3 nitrogen and oxygen atoms in total. The minimum atomic E-state index is 0.000154. The molecule has 0 unspecified atom stereocenters. The first-order valence-corrected chi connectivity index (χ1v) is 6.10. The zero-order valence-corrected chi connectivity index (χ0v) is 11.2. The van der Waals surface area contributed by atoms with Crippen LogP contribution in [0.3, 0.4) is 0 Å². The lowest BCUT2D eigenvalue weighted by molar-refractivity contribution is -0.118. The summed E-state index contributed by atoms with van der Waals surface area (Å²) in [6, 6.07) is 7.13. The number of allylic oxidation sites excluding steroid dienone is 2. The van der Waals surface area contributed by atoms with E-state index >= 15 is 0 Å². The van der Waals surface area contributed by atoms with Gasteiger partial charge in [-0.25, -0.2) is 0 Å². The maximum absolute atomic E-state index is 11.6. The fourth-order valence-corrected chi connectivity index (χ4v) is 1.40. The van der Waals surface area contributed by atoms with Crippen LogP contribution in [-0.2, 0) is 4.79 Å². The first-order chi connectivity index (χ1) is 9.13. The maximum atomic E-state index is 11.6. The lowest BCUT2D eigenvalue weighted by atomic mass is 10.1. The molecule has 4 heteroatoms. The second-order valence-electron chi connectivity index (χ2n) is 4.15. The molecule has 2 radical (unpaired) electrons. The highest BCUT2D eigenvalue weighted by molar-refractivity contribution is 6.31. The van der Waals surface area contributed by atoms with Crippen molar-refractivity contribution in [2.75, 3.05) is 11.9 Å². The highest BCUT2D eigenvalue weighted by Crippen LogP contribution is 2.32. The zero-order chi connectivity index (χ0) is 14.3. The fraction of sp³-hybridized carbons (Fsp3) is 0.267.